The van der Waals surface area contributed by atoms with Crippen molar-refractivity contribution in [1.82, 2.24) is 0 Å². The van der Waals surface area contributed by atoms with Crippen LogP contribution in [0.15, 0.2) is 42.2 Å². The maximum Gasteiger partial charge on any atom is 0.147 e. The monoisotopic (exact) mass is 950 g/mol. The van der Waals surface area contributed by atoms with E-state index in [0.29, 0.717) is 22.9 Å². The summed E-state index contributed by atoms with van der Waals surface area (Å²) >= 11 is 28.9. The Morgan fingerprint density at radius 3 is 1.25 bits per heavy atom. The number of benzene rings is 2. The second-order valence-corrected chi connectivity index (χ2v) is 14.4. The molecule has 0 heterocycles. The summed E-state index contributed by atoms with van der Waals surface area (Å²) in [5.41, 5.74) is 2.36. The normalized spacial score (nSPS) is 14.2. The zero-order valence-electron chi connectivity index (χ0n) is 17.1. The maximum absolute atomic E-state index is 6.01. The molecule has 10 heteroatoms. The van der Waals surface area contributed by atoms with Gasteiger partial charge >= 0.3 is 0 Å². The van der Waals surface area contributed by atoms with E-state index in [-0.39, 0.29) is 5.92 Å². The molecule has 0 bridgehead atoms. The van der Waals surface area contributed by atoms with Crippen LogP contribution >= 0.6 is 127 Å². The van der Waals surface area contributed by atoms with Crippen LogP contribution in [0.2, 0.25) is 0 Å². The predicted octanol–water partition coefficient (Wildman–Crippen LogP) is 10.7. The van der Waals surface area contributed by atoms with E-state index in [4.69, 9.17) is 9.47 Å². The Morgan fingerprint density at radius 1 is 0.656 bits per heavy atom. The first-order chi connectivity index (χ1) is 15.2. The molecule has 0 aliphatic rings. The van der Waals surface area contributed by atoms with Gasteiger partial charge in [0.2, 0.25) is 0 Å². The van der Waals surface area contributed by atoms with Crippen LogP contribution in [0.4, 0.5) is 0 Å². The molecular weight excluding hydrogens is 935 g/mol. The Kier molecular flexibility index (Phi) is 14.3. The fourth-order valence-electron chi connectivity index (χ4n) is 2.86. The van der Waals surface area contributed by atoms with Crippen molar-refractivity contribution in [1.29, 1.82) is 0 Å². The summed E-state index contributed by atoms with van der Waals surface area (Å²) in [6, 6.07) is 8.51. The molecule has 0 saturated carbocycles. The predicted molar refractivity (Wildman–Crippen MR) is 164 cm³/mol. The minimum atomic E-state index is 0.180. The highest BCUT2D eigenvalue weighted by Gasteiger charge is 2.18. The van der Waals surface area contributed by atoms with Crippen molar-refractivity contribution < 1.29 is 9.47 Å². The van der Waals surface area contributed by atoms with Gasteiger partial charge < -0.3 is 9.47 Å². The van der Waals surface area contributed by atoms with Crippen molar-refractivity contribution >= 4 is 127 Å². The van der Waals surface area contributed by atoms with Gasteiger partial charge in [-0.25, -0.2) is 0 Å². The summed E-state index contributed by atoms with van der Waals surface area (Å²) in [6.45, 7) is 3.47. The van der Waals surface area contributed by atoms with Crippen LogP contribution < -0.4 is 9.47 Å². The zero-order chi connectivity index (χ0) is 23.8. The fraction of sp³-hybridized carbons (Fsp3) is 0.455. The molecule has 2 aromatic rings. The lowest BCUT2D eigenvalue weighted by Crippen LogP contribution is -2.08. The molecule has 2 unspecified atom stereocenters. The molecule has 0 aliphatic heterocycles. The van der Waals surface area contributed by atoms with Crippen molar-refractivity contribution in [2.24, 2.45) is 0 Å². The van der Waals surface area contributed by atoms with Crippen LogP contribution in [0.25, 0.3) is 0 Å². The molecule has 2 aromatic carbocycles. The Morgan fingerprint density at radius 2 is 0.969 bits per heavy atom. The Labute approximate surface area is 257 Å². The topological polar surface area (TPSA) is 18.5 Å². The number of halogens is 8. The van der Waals surface area contributed by atoms with Crippen LogP contribution in [0.5, 0.6) is 11.5 Å². The smallest absolute Gasteiger partial charge is 0.147 e. The molecule has 0 spiro atoms. The second-order valence-electron chi connectivity index (χ2n) is 7.13. The maximum atomic E-state index is 6.01. The molecule has 0 aliphatic carbocycles. The standard InChI is InChI=1S/C22H22Br8O2/c1-12(13-6-17(27)21(18(28)7-13)31-4-2-15(25)10-23)14-8-19(29)22(20(30)9-14)32-5-3-16(26)11-24/h6-9,12,15-16H,2-5,10-11H2,1H3. The van der Waals surface area contributed by atoms with Crippen LogP contribution in [0.3, 0.4) is 0 Å². The van der Waals surface area contributed by atoms with E-state index in [0.717, 1.165) is 52.9 Å². The first-order valence-electron chi connectivity index (χ1n) is 9.81. The van der Waals surface area contributed by atoms with Crippen molar-refractivity contribution in [3.8, 4) is 11.5 Å². The van der Waals surface area contributed by atoms with Gasteiger partial charge in [0.25, 0.3) is 0 Å². The summed E-state index contributed by atoms with van der Waals surface area (Å²) in [4.78, 5) is 0.794. The molecule has 0 saturated heterocycles. The third-order valence-electron chi connectivity index (χ3n) is 4.73. The largest absolute Gasteiger partial charge is 0.491 e. The van der Waals surface area contributed by atoms with Gasteiger partial charge in [0.1, 0.15) is 11.5 Å². The number of ether oxygens (including phenoxy) is 2. The molecule has 32 heavy (non-hydrogen) atoms. The van der Waals surface area contributed by atoms with Gasteiger partial charge in [0.15, 0.2) is 0 Å². The van der Waals surface area contributed by atoms with Gasteiger partial charge in [0.05, 0.1) is 31.1 Å². The van der Waals surface area contributed by atoms with E-state index in [1.807, 2.05) is 0 Å². The Balaban J connectivity index is 2.15. The number of hydrogen-bond acceptors (Lipinski definition) is 2. The van der Waals surface area contributed by atoms with Gasteiger partial charge in [0, 0.05) is 26.2 Å². The summed E-state index contributed by atoms with van der Waals surface area (Å²) < 4.78 is 15.8. The minimum absolute atomic E-state index is 0.180. The van der Waals surface area contributed by atoms with E-state index >= 15 is 0 Å². The lowest BCUT2D eigenvalue weighted by atomic mass is 9.93. The van der Waals surface area contributed by atoms with Crippen molar-refractivity contribution in [2.75, 3.05) is 23.9 Å². The van der Waals surface area contributed by atoms with Gasteiger partial charge in [-0.3, -0.25) is 0 Å². The third-order valence-corrected chi connectivity index (χ3v) is 12.0. The summed E-state index contributed by atoms with van der Waals surface area (Å²) in [5.74, 6) is 1.84. The average molecular weight is 958 g/mol. The van der Waals surface area contributed by atoms with Gasteiger partial charge in [-0.2, -0.15) is 0 Å². The van der Waals surface area contributed by atoms with Crippen LogP contribution in [-0.2, 0) is 0 Å². The highest BCUT2D eigenvalue weighted by atomic mass is 79.9. The molecule has 0 aromatic heterocycles. The first kappa shape index (κ1) is 30.1. The fourth-order valence-corrected chi connectivity index (χ4v) is 6.78. The molecule has 0 amide bonds. The zero-order valence-corrected chi connectivity index (χ0v) is 29.8. The summed E-state index contributed by atoms with van der Waals surface area (Å²) in [6.07, 6.45) is 1.84. The molecular formula is C22H22Br8O2. The minimum Gasteiger partial charge on any atom is -0.491 e. The van der Waals surface area contributed by atoms with Gasteiger partial charge in [-0.1, -0.05) is 70.6 Å². The second kappa shape index (κ2) is 15.2. The lowest BCUT2D eigenvalue weighted by Gasteiger charge is -2.19. The van der Waals surface area contributed by atoms with Crippen molar-refractivity contribution in [2.45, 2.75) is 35.3 Å². The van der Waals surface area contributed by atoms with Gasteiger partial charge in [-0.05, 0) is 112 Å². The number of rotatable bonds is 12. The molecule has 2 atom stereocenters. The molecule has 0 radical (unpaired) electrons. The summed E-state index contributed by atoms with van der Waals surface area (Å²) in [5, 5.41) is 1.80. The van der Waals surface area contributed by atoms with E-state index in [2.05, 4.69) is 159 Å². The van der Waals surface area contributed by atoms with E-state index < -0.39 is 0 Å². The number of alkyl halides is 4. The molecule has 0 fully saturated rings. The van der Waals surface area contributed by atoms with E-state index in [1.54, 1.807) is 0 Å². The molecule has 178 valence electrons. The van der Waals surface area contributed by atoms with Crippen molar-refractivity contribution in [3.05, 3.63) is 53.3 Å². The molecule has 2 nitrogen and oxygen atoms in total. The third kappa shape index (κ3) is 9.07. The number of hydrogen-bond donors (Lipinski definition) is 0. The Bertz CT molecular complexity index is 775. The van der Waals surface area contributed by atoms with Crippen LogP contribution in [0, 0.1) is 0 Å². The first-order valence-corrected chi connectivity index (χ1v) is 17.1. The average Bonchev–Trinajstić information content (AvgIpc) is 2.76. The lowest BCUT2D eigenvalue weighted by molar-refractivity contribution is 0.308. The Hall–Kier alpha value is 1.88. The molecule has 0 N–H and O–H groups in total. The van der Waals surface area contributed by atoms with E-state index in [9.17, 15) is 0 Å². The highest BCUT2D eigenvalue weighted by molar-refractivity contribution is 9.12. The summed E-state index contributed by atoms with van der Waals surface area (Å²) in [7, 11) is 0. The van der Waals surface area contributed by atoms with E-state index in [1.165, 1.54) is 11.1 Å². The van der Waals surface area contributed by atoms with Crippen LogP contribution in [0.1, 0.15) is 36.8 Å². The highest BCUT2D eigenvalue weighted by Crippen LogP contribution is 2.41. The van der Waals surface area contributed by atoms with Crippen molar-refractivity contribution in [3.63, 3.8) is 0 Å². The molecule has 2 rings (SSSR count). The SMILES string of the molecule is CC(c1cc(Br)c(OCCC(Br)CBr)c(Br)c1)c1cc(Br)c(OCCC(Br)CBr)c(Br)c1. The quantitative estimate of drug-likeness (QED) is 0.197. The van der Waals surface area contributed by atoms with Crippen LogP contribution in [-0.4, -0.2) is 33.5 Å². The van der Waals surface area contributed by atoms with Gasteiger partial charge in [-0.15, -0.1) is 0 Å².